The molecule has 0 radical (unpaired) electrons. The van der Waals surface area contributed by atoms with Crippen molar-refractivity contribution >= 4 is 0 Å². The molecule has 0 aliphatic carbocycles. The Labute approximate surface area is 90.1 Å². The van der Waals surface area contributed by atoms with E-state index in [4.69, 9.17) is 9.15 Å². The Bertz CT molecular complexity index is 379. The number of hydrogen-bond acceptors (Lipinski definition) is 3. The van der Waals surface area contributed by atoms with Crippen molar-refractivity contribution in [2.75, 3.05) is 7.11 Å². The molecule has 0 amide bonds. The van der Waals surface area contributed by atoms with Gasteiger partial charge in [0.25, 0.3) is 0 Å². The van der Waals surface area contributed by atoms with Crippen LogP contribution in [0, 0.1) is 6.92 Å². The van der Waals surface area contributed by atoms with Crippen molar-refractivity contribution in [2.24, 2.45) is 0 Å². The van der Waals surface area contributed by atoms with E-state index >= 15 is 0 Å². The molecule has 0 unspecified atom stereocenters. The van der Waals surface area contributed by atoms with Crippen LogP contribution >= 0.6 is 0 Å². The highest BCUT2D eigenvalue weighted by atomic mass is 16.5. The maximum Gasteiger partial charge on any atom is 0.339 e. The van der Waals surface area contributed by atoms with E-state index in [1.807, 2.05) is 6.92 Å². The van der Waals surface area contributed by atoms with Crippen LogP contribution in [0.25, 0.3) is 0 Å². The molecule has 0 aliphatic rings. The predicted molar refractivity (Wildman–Crippen MR) is 59.6 cm³/mol. The van der Waals surface area contributed by atoms with Crippen LogP contribution in [0.15, 0.2) is 15.3 Å². The normalized spacial score (nSPS) is 12.5. The average Bonchev–Trinajstić information content (AvgIpc) is 2.21. The summed E-state index contributed by atoms with van der Waals surface area (Å²) in [5.74, 6) is 1.63. The summed E-state index contributed by atoms with van der Waals surface area (Å²) in [5.41, 5.74) is 0.591. The van der Waals surface area contributed by atoms with Gasteiger partial charge in [-0.1, -0.05) is 20.3 Å². The summed E-state index contributed by atoms with van der Waals surface area (Å²) in [4.78, 5) is 11.3. The van der Waals surface area contributed by atoms with E-state index in [0.29, 0.717) is 5.75 Å². The highest BCUT2D eigenvalue weighted by Crippen LogP contribution is 2.27. The van der Waals surface area contributed by atoms with Crippen LogP contribution in [-0.2, 0) is 0 Å². The first-order chi connectivity index (χ1) is 7.10. The number of ether oxygens (including phenoxy) is 1. The second-order valence-corrected chi connectivity index (χ2v) is 3.81. The minimum Gasteiger partial charge on any atom is -0.496 e. The van der Waals surface area contributed by atoms with Gasteiger partial charge in [0.15, 0.2) is 0 Å². The Morgan fingerprint density at radius 1 is 1.53 bits per heavy atom. The fourth-order valence-electron chi connectivity index (χ4n) is 1.80. The minimum atomic E-state index is -0.338. The maximum absolute atomic E-state index is 11.3. The van der Waals surface area contributed by atoms with Crippen molar-refractivity contribution in [3.8, 4) is 5.75 Å². The third kappa shape index (κ3) is 2.61. The molecule has 3 nitrogen and oxygen atoms in total. The first kappa shape index (κ1) is 11.8. The summed E-state index contributed by atoms with van der Waals surface area (Å²) >= 11 is 0. The molecule has 1 aromatic rings. The van der Waals surface area contributed by atoms with Gasteiger partial charge in [-0.25, -0.2) is 4.79 Å². The van der Waals surface area contributed by atoms with Crippen molar-refractivity contribution in [1.29, 1.82) is 0 Å². The van der Waals surface area contributed by atoms with Crippen LogP contribution in [-0.4, -0.2) is 7.11 Å². The number of hydrogen-bond donors (Lipinski definition) is 0. The van der Waals surface area contributed by atoms with E-state index in [9.17, 15) is 4.79 Å². The Morgan fingerprint density at radius 3 is 2.73 bits per heavy atom. The topological polar surface area (TPSA) is 39.4 Å². The monoisotopic (exact) mass is 210 g/mol. The predicted octanol–water partition coefficient (Wildman–Crippen LogP) is 2.86. The largest absolute Gasteiger partial charge is 0.496 e. The van der Waals surface area contributed by atoms with Gasteiger partial charge in [-0.05, 0) is 13.3 Å². The van der Waals surface area contributed by atoms with Crippen LogP contribution in [0.5, 0.6) is 5.75 Å². The molecule has 0 aliphatic heterocycles. The van der Waals surface area contributed by atoms with E-state index in [1.165, 1.54) is 6.07 Å². The lowest BCUT2D eigenvalue weighted by molar-refractivity contribution is 0.373. The first-order valence-electron chi connectivity index (χ1n) is 5.28. The van der Waals surface area contributed by atoms with E-state index in [2.05, 4.69) is 13.8 Å². The van der Waals surface area contributed by atoms with Crippen LogP contribution in [0.1, 0.15) is 43.9 Å². The molecule has 3 heteroatoms. The maximum atomic E-state index is 11.3. The molecule has 1 rings (SSSR count). The number of rotatable bonds is 4. The van der Waals surface area contributed by atoms with Crippen molar-refractivity contribution in [3.63, 3.8) is 0 Å². The molecule has 1 aromatic heterocycles. The molecule has 15 heavy (non-hydrogen) atoms. The van der Waals surface area contributed by atoms with Crippen LogP contribution in [0.4, 0.5) is 0 Å². The fourth-order valence-corrected chi connectivity index (χ4v) is 1.80. The van der Waals surface area contributed by atoms with Crippen molar-refractivity contribution in [3.05, 3.63) is 27.8 Å². The molecule has 0 saturated heterocycles. The summed E-state index contributed by atoms with van der Waals surface area (Å²) < 4.78 is 10.4. The Morgan fingerprint density at radius 2 is 2.20 bits per heavy atom. The second-order valence-electron chi connectivity index (χ2n) is 3.81. The standard InChI is InChI=1S/C12H18O3/c1-5-6-8(2)12-9(3)10(14-4)7-11(13)15-12/h7-8H,5-6H2,1-4H3/t8-/m0/s1. The molecule has 0 bridgehead atoms. The Hall–Kier alpha value is -1.25. The zero-order valence-corrected chi connectivity index (χ0v) is 9.79. The van der Waals surface area contributed by atoms with E-state index in [1.54, 1.807) is 7.11 Å². The highest BCUT2D eigenvalue weighted by molar-refractivity contribution is 5.34. The molecule has 0 N–H and O–H groups in total. The van der Waals surface area contributed by atoms with Crippen molar-refractivity contribution < 1.29 is 9.15 Å². The van der Waals surface area contributed by atoms with Gasteiger partial charge in [0, 0.05) is 11.5 Å². The SMILES string of the molecule is CCC[C@H](C)c1oc(=O)cc(OC)c1C. The number of methoxy groups -OCH3 is 1. The summed E-state index contributed by atoms with van der Waals surface area (Å²) in [6.07, 6.45) is 2.08. The third-order valence-electron chi connectivity index (χ3n) is 2.59. The van der Waals surface area contributed by atoms with E-state index in [0.717, 1.165) is 24.2 Å². The fraction of sp³-hybridized carbons (Fsp3) is 0.583. The van der Waals surface area contributed by atoms with Gasteiger partial charge in [-0.3, -0.25) is 0 Å². The molecule has 84 valence electrons. The minimum absolute atomic E-state index is 0.262. The van der Waals surface area contributed by atoms with Gasteiger partial charge in [-0.2, -0.15) is 0 Å². The Kier molecular flexibility index (Phi) is 3.95. The quantitative estimate of drug-likeness (QED) is 0.767. The van der Waals surface area contributed by atoms with Crippen molar-refractivity contribution in [2.45, 2.75) is 39.5 Å². The average molecular weight is 210 g/mol. The Balaban J connectivity index is 3.16. The zero-order chi connectivity index (χ0) is 11.4. The smallest absolute Gasteiger partial charge is 0.339 e. The van der Waals surface area contributed by atoms with Gasteiger partial charge in [-0.15, -0.1) is 0 Å². The summed E-state index contributed by atoms with van der Waals surface area (Å²) in [5, 5.41) is 0. The lowest BCUT2D eigenvalue weighted by Gasteiger charge is -2.13. The lowest BCUT2D eigenvalue weighted by Crippen LogP contribution is -2.07. The molecule has 0 spiro atoms. The van der Waals surface area contributed by atoms with Gasteiger partial charge in [0.05, 0.1) is 13.2 Å². The van der Waals surface area contributed by atoms with Crippen LogP contribution in [0.3, 0.4) is 0 Å². The zero-order valence-electron chi connectivity index (χ0n) is 9.79. The lowest BCUT2D eigenvalue weighted by atomic mass is 9.99. The molecular weight excluding hydrogens is 192 g/mol. The van der Waals surface area contributed by atoms with Gasteiger partial charge in [0.2, 0.25) is 0 Å². The molecule has 0 saturated carbocycles. The van der Waals surface area contributed by atoms with Gasteiger partial charge in [0.1, 0.15) is 11.5 Å². The third-order valence-corrected chi connectivity index (χ3v) is 2.59. The highest BCUT2D eigenvalue weighted by Gasteiger charge is 2.15. The molecule has 0 aromatic carbocycles. The van der Waals surface area contributed by atoms with Gasteiger partial charge < -0.3 is 9.15 Å². The summed E-state index contributed by atoms with van der Waals surface area (Å²) in [6, 6.07) is 1.39. The summed E-state index contributed by atoms with van der Waals surface area (Å²) in [6.45, 7) is 6.10. The molecule has 1 heterocycles. The molecule has 1 atom stereocenters. The van der Waals surface area contributed by atoms with E-state index in [-0.39, 0.29) is 11.5 Å². The van der Waals surface area contributed by atoms with Crippen LogP contribution in [0.2, 0.25) is 0 Å². The van der Waals surface area contributed by atoms with Crippen molar-refractivity contribution in [1.82, 2.24) is 0 Å². The van der Waals surface area contributed by atoms with Gasteiger partial charge >= 0.3 is 5.63 Å². The first-order valence-corrected chi connectivity index (χ1v) is 5.28. The van der Waals surface area contributed by atoms with E-state index < -0.39 is 0 Å². The molecule has 0 fully saturated rings. The summed E-state index contributed by atoms with van der Waals surface area (Å²) in [7, 11) is 1.57. The van der Waals surface area contributed by atoms with Crippen LogP contribution < -0.4 is 10.4 Å². The molecular formula is C12H18O3. The second kappa shape index (κ2) is 5.01.